The van der Waals surface area contributed by atoms with Crippen molar-refractivity contribution in [3.63, 3.8) is 0 Å². The second-order valence-corrected chi connectivity index (χ2v) is 6.83. The van der Waals surface area contributed by atoms with E-state index < -0.39 is 0 Å². The summed E-state index contributed by atoms with van der Waals surface area (Å²) < 4.78 is 1.81. The van der Waals surface area contributed by atoms with Crippen LogP contribution in [0.15, 0.2) is 48.9 Å². The van der Waals surface area contributed by atoms with Crippen LogP contribution in [0, 0.1) is 0 Å². The van der Waals surface area contributed by atoms with Gasteiger partial charge < -0.3 is 10.2 Å². The summed E-state index contributed by atoms with van der Waals surface area (Å²) in [5.41, 5.74) is 2.76. The fraction of sp³-hybridized carbons (Fsp3) is 0.316. The van der Waals surface area contributed by atoms with Crippen molar-refractivity contribution in [1.82, 2.24) is 24.6 Å². The predicted octanol–water partition coefficient (Wildman–Crippen LogP) is 3.49. The number of anilines is 1. The van der Waals surface area contributed by atoms with Crippen molar-refractivity contribution in [2.75, 3.05) is 31.5 Å². The Bertz CT molecular complexity index is 854. The van der Waals surface area contributed by atoms with Crippen LogP contribution in [-0.4, -0.2) is 50.8 Å². The Hall–Kier alpha value is -2.44. The highest BCUT2D eigenvalue weighted by Crippen LogP contribution is 2.20. The molecule has 26 heavy (non-hydrogen) atoms. The number of rotatable bonds is 6. The van der Waals surface area contributed by atoms with Crippen LogP contribution in [0.5, 0.6) is 0 Å². The van der Waals surface area contributed by atoms with E-state index in [-0.39, 0.29) is 0 Å². The Morgan fingerprint density at radius 2 is 1.88 bits per heavy atom. The summed E-state index contributed by atoms with van der Waals surface area (Å²) in [6.07, 6.45) is 8.16. The normalized spacial score (nSPS) is 14.7. The molecule has 1 N–H and O–H groups in total. The molecular formula is C19H21ClN6. The summed E-state index contributed by atoms with van der Waals surface area (Å²) >= 11 is 5.94. The number of benzene rings is 1. The molecule has 2 aromatic heterocycles. The van der Waals surface area contributed by atoms with Crippen molar-refractivity contribution in [2.24, 2.45) is 0 Å². The summed E-state index contributed by atoms with van der Waals surface area (Å²) in [6.45, 7) is 4.29. The molecule has 0 radical (unpaired) electrons. The number of aromatic nitrogens is 4. The Morgan fingerprint density at radius 1 is 1.08 bits per heavy atom. The third-order valence-corrected chi connectivity index (χ3v) is 4.79. The fourth-order valence-corrected chi connectivity index (χ4v) is 3.25. The Kier molecular flexibility index (Phi) is 5.13. The molecule has 6 nitrogen and oxygen atoms in total. The average Bonchev–Trinajstić information content (AvgIpc) is 3.35. The first-order valence-corrected chi connectivity index (χ1v) is 9.26. The lowest BCUT2D eigenvalue weighted by Crippen LogP contribution is -2.26. The predicted molar refractivity (Wildman–Crippen MR) is 104 cm³/mol. The Morgan fingerprint density at radius 3 is 2.69 bits per heavy atom. The van der Waals surface area contributed by atoms with Crippen LogP contribution in [0.3, 0.4) is 0 Å². The number of nitrogens with one attached hydrogen (secondary N) is 1. The highest BCUT2D eigenvalue weighted by atomic mass is 35.5. The van der Waals surface area contributed by atoms with Crippen LogP contribution < -0.4 is 5.32 Å². The molecule has 3 aromatic rings. The van der Waals surface area contributed by atoms with Gasteiger partial charge in [0, 0.05) is 36.1 Å². The van der Waals surface area contributed by atoms with Gasteiger partial charge in [-0.05, 0) is 56.3 Å². The maximum atomic E-state index is 5.94. The molecule has 3 heterocycles. The molecule has 1 aliphatic rings. The van der Waals surface area contributed by atoms with Gasteiger partial charge in [-0.25, -0.2) is 14.6 Å². The molecule has 1 aliphatic heterocycles. The lowest BCUT2D eigenvalue weighted by molar-refractivity contribution is 0.352. The standard InChI is InChI=1S/C19H21ClN6/c20-16-3-5-17(6-4-16)26-14-15(13-23-26)18-7-8-21-19(24-18)22-9-12-25-10-1-2-11-25/h3-8,13-14H,1-2,9-12H2,(H,21,22,24). The van der Waals surface area contributed by atoms with Gasteiger partial charge in [-0.2, -0.15) is 5.10 Å². The molecule has 134 valence electrons. The van der Waals surface area contributed by atoms with Crippen molar-refractivity contribution in [3.05, 3.63) is 53.9 Å². The summed E-state index contributed by atoms with van der Waals surface area (Å²) in [5.74, 6) is 0.654. The van der Waals surface area contributed by atoms with Gasteiger partial charge in [0.1, 0.15) is 0 Å². The minimum atomic E-state index is 0.654. The monoisotopic (exact) mass is 368 g/mol. The number of nitrogens with zero attached hydrogens (tertiary/aromatic N) is 5. The molecule has 1 fully saturated rings. The third-order valence-electron chi connectivity index (χ3n) is 4.53. The van der Waals surface area contributed by atoms with E-state index in [1.165, 1.54) is 25.9 Å². The van der Waals surface area contributed by atoms with E-state index >= 15 is 0 Å². The number of likely N-dealkylation sites (tertiary alicyclic amines) is 1. The zero-order valence-electron chi connectivity index (χ0n) is 14.5. The van der Waals surface area contributed by atoms with Gasteiger partial charge in [-0.3, -0.25) is 0 Å². The summed E-state index contributed by atoms with van der Waals surface area (Å²) in [7, 11) is 0. The highest BCUT2D eigenvalue weighted by molar-refractivity contribution is 6.30. The van der Waals surface area contributed by atoms with Crippen molar-refractivity contribution in [1.29, 1.82) is 0 Å². The average molecular weight is 369 g/mol. The molecule has 0 spiro atoms. The SMILES string of the molecule is Clc1ccc(-n2cc(-c3ccnc(NCCN4CCCC4)n3)cn2)cc1. The van der Waals surface area contributed by atoms with Crippen LogP contribution in [-0.2, 0) is 0 Å². The molecule has 1 aromatic carbocycles. The Labute approximate surface area is 157 Å². The minimum Gasteiger partial charge on any atom is -0.353 e. The van der Waals surface area contributed by atoms with Gasteiger partial charge in [0.05, 0.1) is 17.6 Å². The number of hydrogen-bond acceptors (Lipinski definition) is 5. The van der Waals surface area contributed by atoms with E-state index in [9.17, 15) is 0 Å². The van der Waals surface area contributed by atoms with Crippen LogP contribution in [0.25, 0.3) is 16.9 Å². The summed E-state index contributed by atoms with van der Waals surface area (Å²) in [4.78, 5) is 11.4. The first-order valence-electron chi connectivity index (χ1n) is 8.88. The molecule has 1 saturated heterocycles. The molecule has 0 atom stereocenters. The fourth-order valence-electron chi connectivity index (χ4n) is 3.13. The van der Waals surface area contributed by atoms with Gasteiger partial charge >= 0.3 is 0 Å². The molecule has 0 aliphatic carbocycles. The van der Waals surface area contributed by atoms with Crippen molar-refractivity contribution >= 4 is 17.5 Å². The largest absolute Gasteiger partial charge is 0.353 e. The molecular weight excluding hydrogens is 348 g/mol. The van der Waals surface area contributed by atoms with E-state index in [4.69, 9.17) is 11.6 Å². The lowest BCUT2D eigenvalue weighted by Gasteiger charge is -2.14. The topological polar surface area (TPSA) is 58.9 Å². The van der Waals surface area contributed by atoms with Crippen LogP contribution in [0.4, 0.5) is 5.95 Å². The van der Waals surface area contributed by atoms with E-state index in [0.717, 1.165) is 30.0 Å². The zero-order chi connectivity index (χ0) is 17.8. The summed E-state index contributed by atoms with van der Waals surface area (Å²) in [5, 5.41) is 8.45. The van der Waals surface area contributed by atoms with E-state index in [1.54, 1.807) is 6.20 Å². The third kappa shape index (κ3) is 4.03. The van der Waals surface area contributed by atoms with Crippen molar-refractivity contribution in [3.8, 4) is 16.9 Å². The van der Waals surface area contributed by atoms with Gasteiger partial charge in [-0.1, -0.05) is 11.6 Å². The summed E-state index contributed by atoms with van der Waals surface area (Å²) in [6, 6.07) is 9.47. The maximum absolute atomic E-state index is 5.94. The number of hydrogen-bond donors (Lipinski definition) is 1. The maximum Gasteiger partial charge on any atom is 0.223 e. The number of halogens is 1. The van der Waals surface area contributed by atoms with Gasteiger partial charge in [0.2, 0.25) is 5.95 Å². The van der Waals surface area contributed by atoms with Crippen LogP contribution in [0.1, 0.15) is 12.8 Å². The quantitative estimate of drug-likeness (QED) is 0.721. The van der Waals surface area contributed by atoms with E-state index in [0.29, 0.717) is 11.0 Å². The van der Waals surface area contributed by atoms with Crippen molar-refractivity contribution < 1.29 is 0 Å². The Balaban J connectivity index is 1.43. The van der Waals surface area contributed by atoms with Crippen molar-refractivity contribution in [2.45, 2.75) is 12.8 Å². The van der Waals surface area contributed by atoms with Gasteiger partial charge in [-0.15, -0.1) is 0 Å². The molecule has 0 unspecified atom stereocenters. The van der Waals surface area contributed by atoms with Gasteiger partial charge in [0.25, 0.3) is 0 Å². The minimum absolute atomic E-state index is 0.654. The van der Waals surface area contributed by atoms with Crippen LogP contribution >= 0.6 is 11.6 Å². The highest BCUT2D eigenvalue weighted by Gasteiger charge is 2.11. The first kappa shape index (κ1) is 17.0. The van der Waals surface area contributed by atoms with Crippen LogP contribution in [0.2, 0.25) is 5.02 Å². The lowest BCUT2D eigenvalue weighted by atomic mass is 10.2. The molecule has 0 saturated carbocycles. The second kappa shape index (κ2) is 7.85. The smallest absolute Gasteiger partial charge is 0.223 e. The molecule has 7 heteroatoms. The van der Waals surface area contributed by atoms with Gasteiger partial charge in [0.15, 0.2) is 0 Å². The van der Waals surface area contributed by atoms with E-state index in [2.05, 4.69) is 25.3 Å². The van der Waals surface area contributed by atoms with E-state index in [1.807, 2.05) is 47.4 Å². The zero-order valence-corrected chi connectivity index (χ0v) is 15.2. The molecule has 0 bridgehead atoms. The molecule has 0 amide bonds. The molecule has 4 rings (SSSR count). The first-order chi connectivity index (χ1) is 12.8. The second-order valence-electron chi connectivity index (χ2n) is 6.39.